The van der Waals surface area contributed by atoms with Gasteiger partial charge in [0.1, 0.15) is 4.38 Å². The molecule has 1 aromatic carbocycles. The Morgan fingerprint density at radius 3 is 3.21 bits per heavy atom. The van der Waals surface area contributed by atoms with Gasteiger partial charge in [0.25, 0.3) is 0 Å². The van der Waals surface area contributed by atoms with Gasteiger partial charge in [-0.1, -0.05) is 47.8 Å². The first-order valence-electron chi connectivity index (χ1n) is 6.05. The van der Waals surface area contributed by atoms with Gasteiger partial charge in [-0.2, -0.15) is 0 Å². The Kier molecular flexibility index (Phi) is 5.10. The van der Waals surface area contributed by atoms with Crippen molar-refractivity contribution in [3.63, 3.8) is 0 Å². The molecule has 5 heteroatoms. The third-order valence-corrected chi connectivity index (χ3v) is 4.92. The van der Waals surface area contributed by atoms with Gasteiger partial charge in [0, 0.05) is 12.3 Å². The largest absolute Gasteiger partial charge is 0.352 e. The maximum absolute atomic E-state index is 11.8. The van der Waals surface area contributed by atoms with Gasteiger partial charge in [0.2, 0.25) is 5.91 Å². The molecular weight excluding hydrogens is 276 g/mol. The van der Waals surface area contributed by atoms with E-state index in [0.717, 1.165) is 15.8 Å². The molecule has 0 unspecified atom stereocenters. The molecule has 3 nitrogen and oxygen atoms in total. The number of thioether (sulfide) groups is 2. The maximum Gasteiger partial charge on any atom is 0.233 e. The second kappa shape index (κ2) is 6.82. The van der Waals surface area contributed by atoms with Crippen molar-refractivity contribution in [3.05, 3.63) is 42.5 Å². The SMILES string of the molecule is C=CCNC(=O)[C@@H](C)SC1=Nc2ccccc2CS1. The Balaban J connectivity index is 1.99. The highest BCUT2D eigenvalue weighted by Crippen LogP contribution is 2.35. The highest BCUT2D eigenvalue weighted by molar-refractivity contribution is 8.39. The van der Waals surface area contributed by atoms with Crippen LogP contribution < -0.4 is 5.32 Å². The molecule has 1 heterocycles. The van der Waals surface area contributed by atoms with E-state index in [1.807, 2.05) is 25.1 Å². The highest BCUT2D eigenvalue weighted by atomic mass is 32.2. The van der Waals surface area contributed by atoms with Crippen LogP contribution in [0.3, 0.4) is 0 Å². The molecule has 0 bridgehead atoms. The van der Waals surface area contributed by atoms with Gasteiger partial charge in [-0.05, 0) is 18.6 Å². The van der Waals surface area contributed by atoms with Crippen LogP contribution in [0.4, 0.5) is 5.69 Å². The summed E-state index contributed by atoms with van der Waals surface area (Å²) in [6.45, 7) is 5.98. The minimum Gasteiger partial charge on any atom is -0.352 e. The van der Waals surface area contributed by atoms with Gasteiger partial charge in [-0.25, -0.2) is 4.99 Å². The summed E-state index contributed by atoms with van der Waals surface area (Å²) in [5.41, 5.74) is 2.27. The summed E-state index contributed by atoms with van der Waals surface area (Å²) in [7, 11) is 0. The predicted molar refractivity (Wildman–Crippen MR) is 85.1 cm³/mol. The van der Waals surface area contributed by atoms with Crippen molar-refractivity contribution in [1.82, 2.24) is 5.32 Å². The van der Waals surface area contributed by atoms with E-state index in [0.29, 0.717) is 6.54 Å². The molecule has 100 valence electrons. The summed E-state index contributed by atoms with van der Waals surface area (Å²) in [5.74, 6) is 0.940. The first-order valence-corrected chi connectivity index (χ1v) is 7.92. The Morgan fingerprint density at radius 2 is 2.42 bits per heavy atom. The Labute approximate surface area is 122 Å². The minimum absolute atomic E-state index is 0.0204. The van der Waals surface area contributed by atoms with Crippen molar-refractivity contribution >= 4 is 39.5 Å². The average Bonchev–Trinajstić information content (AvgIpc) is 2.44. The van der Waals surface area contributed by atoms with E-state index in [-0.39, 0.29) is 11.2 Å². The molecule has 19 heavy (non-hydrogen) atoms. The van der Waals surface area contributed by atoms with Crippen LogP contribution >= 0.6 is 23.5 Å². The fraction of sp³-hybridized carbons (Fsp3) is 0.286. The standard InChI is InChI=1S/C14H16N2OS2/c1-3-8-15-13(17)10(2)19-14-16-12-7-5-4-6-11(12)9-18-14/h3-7,10H,1,8-9H2,2H3,(H,15,17)/t10-/m1/s1. The van der Waals surface area contributed by atoms with Gasteiger partial charge >= 0.3 is 0 Å². The first-order chi connectivity index (χ1) is 9.20. The van der Waals surface area contributed by atoms with Crippen LogP contribution in [0.25, 0.3) is 0 Å². The first kappa shape index (κ1) is 14.2. The van der Waals surface area contributed by atoms with Crippen LogP contribution in [0.2, 0.25) is 0 Å². The lowest BCUT2D eigenvalue weighted by molar-refractivity contribution is -0.120. The number of hydrogen-bond donors (Lipinski definition) is 1. The smallest absolute Gasteiger partial charge is 0.233 e. The molecule has 1 atom stereocenters. The average molecular weight is 292 g/mol. The van der Waals surface area contributed by atoms with E-state index >= 15 is 0 Å². The van der Waals surface area contributed by atoms with Crippen LogP contribution in [-0.4, -0.2) is 22.1 Å². The molecule has 1 amide bonds. The summed E-state index contributed by atoms with van der Waals surface area (Å²) < 4.78 is 0.958. The topological polar surface area (TPSA) is 41.5 Å². The van der Waals surface area contributed by atoms with Crippen LogP contribution in [0.15, 0.2) is 41.9 Å². The third kappa shape index (κ3) is 3.88. The second-order valence-corrected chi connectivity index (χ2v) is 6.64. The summed E-state index contributed by atoms with van der Waals surface area (Å²) in [4.78, 5) is 16.4. The summed E-state index contributed by atoms with van der Waals surface area (Å²) in [6, 6.07) is 8.12. The van der Waals surface area contributed by atoms with Crippen molar-refractivity contribution in [2.75, 3.05) is 6.54 Å². The van der Waals surface area contributed by atoms with E-state index in [9.17, 15) is 4.79 Å². The lowest BCUT2D eigenvalue weighted by atomic mass is 10.2. The lowest BCUT2D eigenvalue weighted by Crippen LogP contribution is -2.31. The van der Waals surface area contributed by atoms with Gasteiger partial charge in [-0.3, -0.25) is 4.79 Å². The minimum atomic E-state index is -0.142. The fourth-order valence-corrected chi connectivity index (χ4v) is 3.81. The third-order valence-electron chi connectivity index (χ3n) is 2.62. The molecule has 0 saturated heterocycles. The molecule has 0 spiro atoms. The number of hydrogen-bond acceptors (Lipinski definition) is 4. The summed E-state index contributed by atoms with van der Waals surface area (Å²) >= 11 is 3.20. The zero-order valence-electron chi connectivity index (χ0n) is 10.8. The number of rotatable bonds is 4. The molecule has 2 rings (SSSR count). The van der Waals surface area contributed by atoms with Crippen molar-refractivity contribution in [2.45, 2.75) is 17.9 Å². The van der Waals surface area contributed by atoms with Gasteiger partial charge in [0.15, 0.2) is 0 Å². The number of fused-ring (bicyclic) bond motifs is 1. The van der Waals surface area contributed by atoms with Crippen molar-refractivity contribution in [3.8, 4) is 0 Å². The summed E-state index contributed by atoms with van der Waals surface area (Å²) in [5, 5.41) is 2.66. The number of aliphatic imine (C=N–C) groups is 1. The molecule has 1 N–H and O–H groups in total. The van der Waals surface area contributed by atoms with Crippen LogP contribution in [-0.2, 0) is 10.5 Å². The van der Waals surface area contributed by atoms with E-state index in [1.54, 1.807) is 17.8 Å². The fourth-order valence-electron chi connectivity index (χ4n) is 1.59. The number of nitrogens with zero attached hydrogens (tertiary/aromatic N) is 1. The number of nitrogens with one attached hydrogen (secondary N) is 1. The van der Waals surface area contributed by atoms with Crippen molar-refractivity contribution in [2.24, 2.45) is 4.99 Å². The number of benzene rings is 1. The second-order valence-electron chi connectivity index (χ2n) is 4.09. The monoisotopic (exact) mass is 292 g/mol. The number of carbonyl (C=O) groups is 1. The van der Waals surface area contributed by atoms with E-state index < -0.39 is 0 Å². The zero-order chi connectivity index (χ0) is 13.7. The normalized spacial score (nSPS) is 15.1. The number of carbonyl (C=O) groups excluding carboxylic acids is 1. The molecule has 1 aliphatic rings. The zero-order valence-corrected chi connectivity index (χ0v) is 12.4. The Morgan fingerprint density at radius 1 is 1.63 bits per heavy atom. The van der Waals surface area contributed by atoms with Gasteiger partial charge in [0.05, 0.1) is 10.9 Å². The molecule has 0 aromatic heterocycles. The van der Waals surface area contributed by atoms with E-state index in [4.69, 9.17) is 0 Å². The molecule has 1 aromatic rings. The Hall–Kier alpha value is -1.20. The van der Waals surface area contributed by atoms with Crippen LogP contribution in [0, 0.1) is 0 Å². The van der Waals surface area contributed by atoms with Gasteiger partial charge in [-0.15, -0.1) is 6.58 Å². The van der Waals surface area contributed by atoms with E-state index in [1.165, 1.54) is 17.3 Å². The molecule has 1 aliphatic heterocycles. The summed E-state index contributed by atoms with van der Waals surface area (Å²) in [6.07, 6.45) is 1.68. The molecular formula is C14H16N2OS2. The van der Waals surface area contributed by atoms with E-state index in [2.05, 4.69) is 23.0 Å². The molecule has 0 aliphatic carbocycles. The number of para-hydroxylation sites is 1. The quantitative estimate of drug-likeness (QED) is 0.865. The molecule has 0 fully saturated rings. The van der Waals surface area contributed by atoms with Crippen LogP contribution in [0.5, 0.6) is 0 Å². The molecule has 0 radical (unpaired) electrons. The van der Waals surface area contributed by atoms with Crippen molar-refractivity contribution < 1.29 is 4.79 Å². The van der Waals surface area contributed by atoms with Crippen LogP contribution in [0.1, 0.15) is 12.5 Å². The number of amides is 1. The lowest BCUT2D eigenvalue weighted by Gasteiger charge is -2.17. The van der Waals surface area contributed by atoms with Crippen molar-refractivity contribution in [1.29, 1.82) is 0 Å². The predicted octanol–water partition coefficient (Wildman–Crippen LogP) is 3.34. The van der Waals surface area contributed by atoms with Gasteiger partial charge < -0.3 is 5.32 Å². The maximum atomic E-state index is 11.8. The Bertz CT molecular complexity index is 514. The molecule has 0 saturated carbocycles. The highest BCUT2D eigenvalue weighted by Gasteiger charge is 2.19.